The fourth-order valence-corrected chi connectivity index (χ4v) is 1.78. The SMILES string of the molecule is CCn1ccc(CNc2cc(F)cc([N+](=O)[O-])c2)c1. The first-order valence-corrected chi connectivity index (χ1v) is 5.92. The summed E-state index contributed by atoms with van der Waals surface area (Å²) in [6.45, 7) is 3.41. The summed E-state index contributed by atoms with van der Waals surface area (Å²) >= 11 is 0. The number of nitrogens with zero attached hydrogens (tertiary/aromatic N) is 2. The number of anilines is 1. The van der Waals surface area contributed by atoms with Crippen molar-refractivity contribution in [3.8, 4) is 0 Å². The molecule has 0 aliphatic rings. The number of rotatable bonds is 5. The molecule has 1 aromatic carbocycles. The van der Waals surface area contributed by atoms with Crippen molar-refractivity contribution in [2.24, 2.45) is 0 Å². The molecule has 0 radical (unpaired) electrons. The van der Waals surface area contributed by atoms with Crippen LogP contribution >= 0.6 is 0 Å². The van der Waals surface area contributed by atoms with Gasteiger partial charge in [0.25, 0.3) is 5.69 Å². The normalized spacial score (nSPS) is 10.4. The average molecular weight is 263 g/mol. The summed E-state index contributed by atoms with van der Waals surface area (Å²) in [6.07, 6.45) is 3.92. The van der Waals surface area contributed by atoms with Gasteiger partial charge in [0.15, 0.2) is 0 Å². The Bertz CT molecular complexity index is 595. The van der Waals surface area contributed by atoms with Crippen LogP contribution < -0.4 is 5.32 Å². The number of aromatic nitrogens is 1. The van der Waals surface area contributed by atoms with E-state index in [-0.39, 0.29) is 5.69 Å². The van der Waals surface area contributed by atoms with Gasteiger partial charge in [-0.25, -0.2) is 4.39 Å². The Labute approximate surface area is 109 Å². The molecule has 5 nitrogen and oxygen atoms in total. The number of benzene rings is 1. The van der Waals surface area contributed by atoms with Gasteiger partial charge < -0.3 is 9.88 Å². The van der Waals surface area contributed by atoms with Gasteiger partial charge in [-0.3, -0.25) is 10.1 Å². The Morgan fingerprint density at radius 1 is 1.42 bits per heavy atom. The van der Waals surface area contributed by atoms with Gasteiger partial charge in [-0.05, 0) is 24.6 Å². The van der Waals surface area contributed by atoms with Crippen LogP contribution in [0.3, 0.4) is 0 Å². The van der Waals surface area contributed by atoms with Crippen molar-refractivity contribution < 1.29 is 9.31 Å². The van der Waals surface area contributed by atoms with Crippen LogP contribution in [0, 0.1) is 15.9 Å². The lowest BCUT2D eigenvalue weighted by molar-refractivity contribution is -0.385. The van der Waals surface area contributed by atoms with E-state index in [1.165, 1.54) is 12.1 Å². The number of nitro benzene ring substituents is 1. The summed E-state index contributed by atoms with van der Waals surface area (Å²) in [5.74, 6) is -0.622. The first-order valence-electron chi connectivity index (χ1n) is 5.92. The minimum Gasteiger partial charge on any atom is -0.381 e. The molecule has 0 unspecified atom stereocenters. The number of nitrogens with one attached hydrogen (secondary N) is 1. The summed E-state index contributed by atoms with van der Waals surface area (Å²) in [6, 6.07) is 5.41. The largest absolute Gasteiger partial charge is 0.381 e. The van der Waals surface area contributed by atoms with E-state index in [2.05, 4.69) is 5.32 Å². The number of non-ortho nitro benzene ring substituents is 1. The second-order valence-electron chi connectivity index (χ2n) is 4.16. The average Bonchev–Trinajstić information content (AvgIpc) is 2.83. The zero-order chi connectivity index (χ0) is 13.8. The van der Waals surface area contributed by atoms with E-state index >= 15 is 0 Å². The molecular formula is C13H14FN3O2. The number of nitro groups is 1. The van der Waals surface area contributed by atoms with Crippen LogP contribution in [-0.4, -0.2) is 9.49 Å². The predicted molar refractivity (Wildman–Crippen MR) is 70.5 cm³/mol. The predicted octanol–water partition coefficient (Wildman–Crippen LogP) is 3.17. The van der Waals surface area contributed by atoms with E-state index < -0.39 is 10.7 Å². The lowest BCUT2D eigenvalue weighted by Gasteiger charge is -2.05. The Morgan fingerprint density at radius 3 is 2.84 bits per heavy atom. The maximum absolute atomic E-state index is 13.2. The van der Waals surface area contributed by atoms with Crippen molar-refractivity contribution >= 4 is 11.4 Å². The summed E-state index contributed by atoms with van der Waals surface area (Å²) < 4.78 is 15.2. The molecule has 1 heterocycles. The summed E-state index contributed by atoms with van der Waals surface area (Å²) in [4.78, 5) is 10.0. The molecule has 2 aromatic rings. The first-order chi connectivity index (χ1) is 9.08. The van der Waals surface area contributed by atoms with Crippen molar-refractivity contribution in [2.75, 3.05) is 5.32 Å². The summed E-state index contributed by atoms with van der Waals surface area (Å²) in [7, 11) is 0. The maximum atomic E-state index is 13.2. The molecule has 0 aliphatic heterocycles. The molecule has 2 rings (SSSR count). The summed E-state index contributed by atoms with van der Waals surface area (Å²) in [5, 5.41) is 13.6. The maximum Gasteiger partial charge on any atom is 0.274 e. The Balaban J connectivity index is 2.08. The Hall–Kier alpha value is -2.37. The van der Waals surface area contributed by atoms with E-state index in [1.54, 1.807) is 0 Å². The van der Waals surface area contributed by atoms with E-state index in [9.17, 15) is 14.5 Å². The van der Waals surface area contributed by atoms with Crippen LogP contribution in [0.25, 0.3) is 0 Å². The third-order valence-corrected chi connectivity index (χ3v) is 2.77. The fraction of sp³-hybridized carbons (Fsp3) is 0.231. The van der Waals surface area contributed by atoms with Gasteiger partial charge in [0.05, 0.1) is 11.0 Å². The smallest absolute Gasteiger partial charge is 0.274 e. The van der Waals surface area contributed by atoms with Crippen LogP contribution in [0.4, 0.5) is 15.8 Å². The minimum atomic E-state index is -0.622. The number of aryl methyl sites for hydroxylation is 1. The fourth-order valence-electron chi connectivity index (χ4n) is 1.78. The Morgan fingerprint density at radius 2 is 2.21 bits per heavy atom. The van der Waals surface area contributed by atoms with E-state index in [1.807, 2.05) is 30.0 Å². The molecule has 0 saturated carbocycles. The quantitative estimate of drug-likeness (QED) is 0.665. The zero-order valence-electron chi connectivity index (χ0n) is 10.5. The highest BCUT2D eigenvalue weighted by atomic mass is 19.1. The summed E-state index contributed by atoms with van der Waals surface area (Å²) in [5.41, 5.74) is 1.18. The molecule has 6 heteroatoms. The lowest BCUT2D eigenvalue weighted by atomic mass is 10.2. The van der Waals surface area contributed by atoms with Crippen molar-refractivity contribution in [3.05, 3.63) is 58.2 Å². The standard InChI is InChI=1S/C13H14FN3O2/c1-2-16-4-3-10(9-16)8-15-12-5-11(14)6-13(7-12)17(18)19/h3-7,9,15H,2,8H2,1H3. The van der Waals surface area contributed by atoms with Gasteiger partial charge in [-0.2, -0.15) is 0 Å². The lowest BCUT2D eigenvalue weighted by Crippen LogP contribution is -2.00. The molecule has 0 saturated heterocycles. The van der Waals surface area contributed by atoms with Gasteiger partial charge in [0.2, 0.25) is 0 Å². The van der Waals surface area contributed by atoms with E-state index in [0.29, 0.717) is 12.2 Å². The molecule has 19 heavy (non-hydrogen) atoms. The van der Waals surface area contributed by atoms with Crippen LogP contribution in [0.1, 0.15) is 12.5 Å². The van der Waals surface area contributed by atoms with Gasteiger partial charge in [0, 0.05) is 37.2 Å². The molecule has 0 spiro atoms. The van der Waals surface area contributed by atoms with E-state index in [0.717, 1.165) is 18.2 Å². The van der Waals surface area contributed by atoms with Gasteiger partial charge in [0.1, 0.15) is 5.82 Å². The third kappa shape index (κ3) is 3.31. The van der Waals surface area contributed by atoms with E-state index in [4.69, 9.17) is 0 Å². The number of hydrogen-bond acceptors (Lipinski definition) is 3. The minimum absolute atomic E-state index is 0.256. The van der Waals surface area contributed by atoms with Crippen LogP contribution in [0.5, 0.6) is 0 Å². The molecule has 100 valence electrons. The van der Waals surface area contributed by atoms with Crippen LogP contribution in [0.2, 0.25) is 0 Å². The van der Waals surface area contributed by atoms with Crippen LogP contribution in [0.15, 0.2) is 36.7 Å². The topological polar surface area (TPSA) is 60.1 Å². The van der Waals surface area contributed by atoms with Crippen molar-refractivity contribution in [1.29, 1.82) is 0 Å². The molecule has 0 atom stereocenters. The first kappa shape index (κ1) is 13.1. The highest BCUT2D eigenvalue weighted by molar-refractivity contribution is 5.51. The Kier molecular flexibility index (Phi) is 3.79. The van der Waals surface area contributed by atoms with Crippen LogP contribution in [-0.2, 0) is 13.1 Å². The number of hydrogen-bond donors (Lipinski definition) is 1. The molecule has 1 N–H and O–H groups in total. The monoisotopic (exact) mass is 263 g/mol. The van der Waals surface area contributed by atoms with Gasteiger partial charge in [-0.15, -0.1) is 0 Å². The number of halogens is 1. The van der Waals surface area contributed by atoms with Crippen molar-refractivity contribution in [2.45, 2.75) is 20.0 Å². The molecular weight excluding hydrogens is 249 g/mol. The second kappa shape index (κ2) is 5.51. The third-order valence-electron chi connectivity index (χ3n) is 2.77. The highest BCUT2D eigenvalue weighted by Crippen LogP contribution is 2.20. The molecule has 0 bridgehead atoms. The van der Waals surface area contributed by atoms with Crippen molar-refractivity contribution in [3.63, 3.8) is 0 Å². The molecule has 0 aliphatic carbocycles. The van der Waals surface area contributed by atoms with Gasteiger partial charge >= 0.3 is 0 Å². The van der Waals surface area contributed by atoms with Gasteiger partial charge in [-0.1, -0.05) is 0 Å². The molecule has 0 fully saturated rings. The highest BCUT2D eigenvalue weighted by Gasteiger charge is 2.09. The molecule has 0 amide bonds. The van der Waals surface area contributed by atoms with Crippen molar-refractivity contribution in [1.82, 2.24) is 4.57 Å². The zero-order valence-corrected chi connectivity index (χ0v) is 10.5. The second-order valence-corrected chi connectivity index (χ2v) is 4.16. The molecule has 1 aromatic heterocycles.